The first-order valence-electron chi connectivity index (χ1n) is 7.87. The molecule has 1 aliphatic rings. The summed E-state index contributed by atoms with van der Waals surface area (Å²) >= 11 is 0. The Balaban J connectivity index is 1.79. The van der Waals surface area contributed by atoms with Gasteiger partial charge in [0, 0.05) is 31.5 Å². The number of carbonyl (C=O) groups is 2. The Morgan fingerprint density at radius 3 is 2.74 bits per heavy atom. The van der Waals surface area contributed by atoms with Crippen molar-refractivity contribution in [3.8, 4) is 5.75 Å². The molecule has 1 atom stereocenters. The second kappa shape index (κ2) is 9.23. The topological polar surface area (TPSA) is 46.6 Å². The molecule has 0 saturated carbocycles. The van der Waals surface area contributed by atoms with Crippen molar-refractivity contribution >= 4 is 33.5 Å². The minimum atomic E-state index is -0.266. The van der Waals surface area contributed by atoms with Crippen LogP contribution < -0.4 is 4.74 Å². The quantitative estimate of drug-likeness (QED) is 0.321. The molecule has 0 bridgehead atoms. The summed E-state index contributed by atoms with van der Waals surface area (Å²) in [5.74, 6) is 1.16. The number of unbranched alkanes of at least 4 members (excludes halogenated alkanes) is 1. The van der Waals surface area contributed by atoms with Gasteiger partial charge in [0.2, 0.25) is 0 Å². The molecule has 2 rings (SSSR count). The number of hydrogen-bond donors (Lipinski definition) is 0. The summed E-state index contributed by atoms with van der Waals surface area (Å²) in [4.78, 5) is 25.6. The smallest absolute Gasteiger partial charge is 0.311 e. The third-order valence-corrected chi connectivity index (χ3v) is 6.64. The molecule has 1 aliphatic heterocycles. The molecule has 0 N–H and O–H groups in total. The average Bonchev–Trinajstić information content (AvgIpc) is 3.04. The Labute approximate surface area is 145 Å². The number of rotatable bonds is 7. The number of esters is 1. The van der Waals surface area contributed by atoms with E-state index in [1.165, 1.54) is 23.5 Å². The fourth-order valence-electron chi connectivity index (χ4n) is 2.35. The first-order chi connectivity index (χ1) is 11.1. The number of benzene rings is 1. The maximum Gasteiger partial charge on any atom is 0.311 e. The normalized spacial score (nSPS) is 17.0. The molecule has 1 aromatic rings. The van der Waals surface area contributed by atoms with E-state index < -0.39 is 0 Å². The molecule has 0 aromatic heterocycles. The van der Waals surface area contributed by atoms with Gasteiger partial charge in [-0.15, -0.1) is 0 Å². The van der Waals surface area contributed by atoms with Crippen LogP contribution in [0.4, 0.5) is 0 Å². The number of amides is 1. The highest BCUT2D eigenvalue weighted by Crippen LogP contribution is 2.39. The average molecular weight is 354 g/mol. The lowest BCUT2D eigenvalue weighted by Gasteiger charge is -2.14. The fourth-order valence-corrected chi connectivity index (χ4v) is 5.38. The second-order valence-electron chi connectivity index (χ2n) is 5.74. The Morgan fingerprint density at radius 2 is 2.04 bits per heavy atom. The monoisotopic (exact) mass is 353 g/mol. The maximum absolute atomic E-state index is 12.1. The molecular formula is C17H23NO3S2. The highest BCUT2D eigenvalue weighted by molar-refractivity contribution is 8.77. The third kappa shape index (κ3) is 5.77. The SMILES string of the molecule is CN(C)C(=O)c1ccccc1OC(=O)CCCC[C@H]1CCSS1. The summed E-state index contributed by atoms with van der Waals surface area (Å²) in [6, 6.07) is 6.89. The van der Waals surface area contributed by atoms with Gasteiger partial charge in [0.15, 0.2) is 0 Å². The summed E-state index contributed by atoms with van der Waals surface area (Å²) in [6.07, 6.45) is 4.73. The van der Waals surface area contributed by atoms with Crippen molar-refractivity contribution < 1.29 is 14.3 Å². The Bertz CT molecular complexity index is 542. The van der Waals surface area contributed by atoms with E-state index in [1.807, 2.05) is 21.6 Å². The maximum atomic E-state index is 12.1. The zero-order chi connectivity index (χ0) is 16.7. The molecule has 4 nitrogen and oxygen atoms in total. The van der Waals surface area contributed by atoms with Crippen molar-refractivity contribution in [1.29, 1.82) is 0 Å². The standard InChI is InChI=1S/C17H23NO3S2/c1-18(2)17(20)14-8-4-5-9-15(14)21-16(19)10-6-3-7-13-11-12-22-23-13/h4-5,8-9,13H,3,6-7,10-12H2,1-2H3/t13-/m0/s1. The van der Waals surface area contributed by atoms with E-state index in [4.69, 9.17) is 4.74 Å². The van der Waals surface area contributed by atoms with Gasteiger partial charge in [0.05, 0.1) is 5.56 Å². The summed E-state index contributed by atoms with van der Waals surface area (Å²) < 4.78 is 5.39. The van der Waals surface area contributed by atoms with Crippen LogP contribution in [0.5, 0.6) is 5.75 Å². The molecule has 1 saturated heterocycles. The van der Waals surface area contributed by atoms with Crippen LogP contribution >= 0.6 is 21.6 Å². The van der Waals surface area contributed by atoms with Crippen LogP contribution in [0.3, 0.4) is 0 Å². The zero-order valence-corrected chi connectivity index (χ0v) is 15.3. The van der Waals surface area contributed by atoms with E-state index in [0.29, 0.717) is 17.7 Å². The molecule has 1 fully saturated rings. The summed E-state index contributed by atoms with van der Waals surface area (Å²) in [5.41, 5.74) is 0.422. The van der Waals surface area contributed by atoms with Crippen LogP contribution in [0.15, 0.2) is 24.3 Å². The van der Waals surface area contributed by atoms with Crippen LogP contribution in [-0.4, -0.2) is 41.9 Å². The van der Waals surface area contributed by atoms with E-state index in [1.54, 1.807) is 38.4 Å². The van der Waals surface area contributed by atoms with Crippen molar-refractivity contribution in [1.82, 2.24) is 4.90 Å². The lowest BCUT2D eigenvalue weighted by atomic mass is 10.1. The van der Waals surface area contributed by atoms with Gasteiger partial charge in [-0.1, -0.05) is 40.1 Å². The van der Waals surface area contributed by atoms with Crippen molar-refractivity contribution in [3.05, 3.63) is 29.8 Å². The highest BCUT2D eigenvalue weighted by atomic mass is 33.1. The minimum Gasteiger partial charge on any atom is -0.426 e. The Kier molecular flexibility index (Phi) is 7.30. The van der Waals surface area contributed by atoms with Crippen molar-refractivity contribution in [3.63, 3.8) is 0 Å². The molecule has 1 aromatic carbocycles. The van der Waals surface area contributed by atoms with Gasteiger partial charge in [-0.05, 0) is 31.4 Å². The Morgan fingerprint density at radius 1 is 1.26 bits per heavy atom. The molecule has 23 heavy (non-hydrogen) atoms. The highest BCUT2D eigenvalue weighted by Gasteiger charge is 2.18. The van der Waals surface area contributed by atoms with E-state index in [9.17, 15) is 9.59 Å². The Hall–Kier alpha value is -1.14. The predicted octanol–water partition coefficient (Wildman–Crippen LogP) is 4.01. The van der Waals surface area contributed by atoms with Crippen LogP contribution in [0.1, 0.15) is 42.5 Å². The molecular weight excluding hydrogens is 330 g/mol. The van der Waals surface area contributed by atoms with Crippen molar-refractivity contribution in [2.45, 2.75) is 37.4 Å². The largest absolute Gasteiger partial charge is 0.426 e. The van der Waals surface area contributed by atoms with E-state index in [-0.39, 0.29) is 11.9 Å². The van der Waals surface area contributed by atoms with Crippen LogP contribution in [0.2, 0.25) is 0 Å². The number of nitrogens with zero attached hydrogens (tertiary/aromatic N) is 1. The van der Waals surface area contributed by atoms with Crippen molar-refractivity contribution in [2.75, 3.05) is 19.8 Å². The van der Waals surface area contributed by atoms with Crippen LogP contribution in [0.25, 0.3) is 0 Å². The summed E-state index contributed by atoms with van der Waals surface area (Å²) in [5, 5.41) is 0.745. The molecule has 0 radical (unpaired) electrons. The van der Waals surface area contributed by atoms with Crippen molar-refractivity contribution in [2.24, 2.45) is 0 Å². The predicted molar refractivity (Wildman–Crippen MR) is 97.0 cm³/mol. The van der Waals surface area contributed by atoms with Gasteiger partial charge in [0.1, 0.15) is 5.75 Å². The number of para-hydroxylation sites is 1. The lowest BCUT2D eigenvalue weighted by molar-refractivity contribution is -0.134. The van der Waals surface area contributed by atoms with E-state index >= 15 is 0 Å². The second-order valence-corrected chi connectivity index (χ2v) is 8.53. The van der Waals surface area contributed by atoms with Crippen LogP contribution in [0, 0.1) is 0 Å². The first kappa shape index (κ1) is 18.2. The van der Waals surface area contributed by atoms with Gasteiger partial charge in [-0.25, -0.2) is 0 Å². The molecule has 0 aliphatic carbocycles. The van der Waals surface area contributed by atoms with Gasteiger partial charge in [0.25, 0.3) is 5.91 Å². The lowest BCUT2D eigenvalue weighted by Crippen LogP contribution is -2.23. The zero-order valence-electron chi connectivity index (χ0n) is 13.6. The molecule has 0 spiro atoms. The van der Waals surface area contributed by atoms with E-state index in [0.717, 1.165) is 18.1 Å². The third-order valence-electron chi connectivity index (χ3n) is 3.63. The summed E-state index contributed by atoms with van der Waals surface area (Å²) in [7, 11) is 7.28. The molecule has 126 valence electrons. The molecule has 1 heterocycles. The van der Waals surface area contributed by atoms with E-state index in [2.05, 4.69) is 0 Å². The minimum absolute atomic E-state index is 0.163. The van der Waals surface area contributed by atoms with Crippen LogP contribution in [-0.2, 0) is 4.79 Å². The number of hydrogen-bond acceptors (Lipinski definition) is 5. The van der Waals surface area contributed by atoms with Gasteiger partial charge in [-0.3, -0.25) is 9.59 Å². The van der Waals surface area contributed by atoms with Gasteiger partial charge < -0.3 is 9.64 Å². The number of ether oxygens (including phenoxy) is 1. The number of carbonyl (C=O) groups excluding carboxylic acids is 2. The van der Waals surface area contributed by atoms with Gasteiger partial charge in [-0.2, -0.15) is 0 Å². The fraction of sp³-hybridized carbons (Fsp3) is 0.529. The molecule has 1 amide bonds. The molecule has 0 unspecified atom stereocenters. The summed E-state index contributed by atoms with van der Waals surface area (Å²) in [6.45, 7) is 0. The van der Waals surface area contributed by atoms with Gasteiger partial charge >= 0.3 is 5.97 Å². The molecule has 6 heteroatoms. The first-order valence-corrected chi connectivity index (χ1v) is 10.3.